The normalized spacial score (nSPS) is 9.12. The molecule has 0 unspecified atom stereocenters. The summed E-state index contributed by atoms with van der Waals surface area (Å²) < 4.78 is 0. The molecule has 84 valence electrons. The van der Waals surface area contributed by atoms with Gasteiger partial charge in [0.15, 0.2) is 0 Å². The Balaban J connectivity index is 2.99. The Bertz CT molecular complexity index is 449. The van der Waals surface area contributed by atoms with Crippen LogP contribution in [-0.2, 0) is 0 Å². The Labute approximate surface area is 98.4 Å². The average molecular weight is 239 g/mol. The number of aliphatic hydroxyl groups excluding tert-OH is 1. The van der Waals surface area contributed by atoms with Gasteiger partial charge in [0.25, 0.3) is 0 Å². The van der Waals surface area contributed by atoms with Gasteiger partial charge in [-0.05, 0) is 18.2 Å². The van der Waals surface area contributed by atoms with Gasteiger partial charge in [0.2, 0.25) is 0 Å². The Morgan fingerprint density at radius 1 is 1.56 bits per heavy atom. The molecule has 0 atom stereocenters. The Hall–Kier alpha value is -1.70. The van der Waals surface area contributed by atoms with E-state index in [-0.39, 0.29) is 6.61 Å². The van der Waals surface area contributed by atoms with E-state index in [1.165, 1.54) is 0 Å². The lowest BCUT2D eigenvalue weighted by molar-refractivity contribution is 0.259. The SMILES string of the molecule is NC(=O)Nc1cc(Cl)ccc1C#CCCO. The molecule has 16 heavy (non-hydrogen) atoms. The van der Waals surface area contributed by atoms with Crippen LogP contribution in [0.3, 0.4) is 0 Å². The molecule has 0 aliphatic rings. The molecule has 0 aromatic heterocycles. The first-order valence-corrected chi connectivity index (χ1v) is 4.97. The fourth-order valence-electron chi connectivity index (χ4n) is 1.08. The van der Waals surface area contributed by atoms with Crippen molar-refractivity contribution < 1.29 is 9.90 Å². The topological polar surface area (TPSA) is 75.4 Å². The van der Waals surface area contributed by atoms with Crippen molar-refractivity contribution in [1.82, 2.24) is 0 Å². The zero-order chi connectivity index (χ0) is 12.0. The first-order valence-electron chi connectivity index (χ1n) is 4.59. The third kappa shape index (κ3) is 3.81. The summed E-state index contributed by atoms with van der Waals surface area (Å²) in [5.74, 6) is 5.56. The highest BCUT2D eigenvalue weighted by Crippen LogP contribution is 2.20. The molecule has 5 heteroatoms. The summed E-state index contributed by atoms with van der Waals surface area (Å²) in [7, 11) is 0. The number of anilines is 1. The Morgan fingerprint density at radius 3 is 2.94 bits per heavy atom. The zero-order valence-electron chi connectivity index (χ0n) is 8.46. The van der Waals surface area contributed by atoms with Crippen molar-refractivity contribution in [3.63, 3.8) is 0 Å². The predicted molar refractivity (Wildman–Crippen MR) is 63.2 cm³/mol. The molecule has 0 saturated carbocycles. The van der Waals surface area contributed by atoms with E-state index in [0.717, 1.165) is 0 Å². The minimum Gasteiger partial charge on any atom is -0.395 e. The number of carbonyl (C=O) groups is 1. The molecule has 4 N–H and O–H groups in total. The standard InChI is InChI=1S/C11H11ClN2O2/c12-9-5-4-8(3-1-2-6-15)10(7-9)14-11(13)16/h4-5,7,15H,2,6H2,(H3,13,14,16). The van der Waals surface area contributed by atoms with Crippen LogP contribution in [0.4, 0.5) is 10.5 Å². The van der Waals surface area contributed by atoms with E-state index in [9.17, 15) is 4.79 Å². The molecule has 1 aromatic carbocycles. The largest absolute Gasteiger partial charge is 0.395 e. The van der Waals surface area contributed by atoms with Gasteiger partial charge in [0.05, 0.1) is 12.3 Å². The van der Waals surface area contributed by atoms with E-state index < -0.39 is 6.03 Å². The lowest BCUT2D eigenvalue weighted by Crippen LogP contribution is -2.19. The lowest BCUT2D eigenvalue weighted by Gasteiger charge is -2.04. The minimum absolute atomic E-state index is 0.000822. The van der Waals surface area contributed by atoms with Crippen molar-refractivity contribution in [2.24, 2.45) is 5.73 Å². The number of carbonyl (C=O) groups excluding carboxylic acids is 1. The summed E-state index contributed by atoms with van der Waals surface area (Å²) in [6.07, 6.45) is 0.374. The first-order chi connectivity index (χ1) is 7.63. The van der Waals surface area contributed by atoms with Gasteiger partial charge in [0, 0.05) is 17.0 Å². The number of benzene rings is 1. The molecule has 0 aliphatic heterocycles. The summed E-state index contributed by atoms with van der Waals surface area (Å²) >= 11 is 5.78. The Kier molecular flexibility index (Phi) is 4.65. The van der Waals surface area contributed by atoms with Crippen LogP contribution >= 0.6 is 11.6 Å². The van der Waals surface area contributed by atoms with Crippen LogP contribution in [0.2, 0.25) is 5.02 Å². The molecule has 2 amide bonds. The predicted octanol–water partition coefficient (Wildman–Crippen LogP) is 1.56. The monoisotopic (exact) mass is 238 g/mol. The summed E-state index contributed by atoms with van der Waals surface area (Å²) in [4.78, 5) is 10.7. The van der Waals surface area contributed by atoms with Gasteiger partial charge in [-0.15, -0.1) is 0 Å². The molecule has 0 radical (unpaired) electrons. The number of hydrogen-bond donors (Lipinski definition) is 3. The van der Waals surface area contributed by atoms with Crippen molar-refractivity contribution in [3.05, 3.63) is 28.8 Å². The quantitative estimate of drug-likeness (QED) is 0.684. The molecule has 0 heterocycles. The van der Waals surface area contributed by atoms with Gasteiger partial charge in [-0.2, -0.15) is 0 Å². The summed E-state index contributed by atoms with van der Waals surface area (Å²) in [5, 5.41) is 11.5. The smallest absolute Gasteiger partial charge is 0.316 e. The lowest BCUT2D eigenvalue weighted by atomic mass is 10.2. The maximum Gasteiger partial charge on any atom is 0.316 e. The molecule has 0 saturated heterocycles. The highest BCUT2D eigenvalue weighted by atomic mass is 35.5. The van der Waals surface area contributed by atoms with Crippen LogP contribution in [0.1, 0.15) is 12.0 Å². The van der Waals surface area contributed by atoms with Gasteiger partial charge < -0.3 is 16.2 Å². The molecular formula is C11H11ClN2O2. The van der Waals surface area contributed by atoms with Crippen LogP contribution in [0.15, 0.2) is 18.2 Å². The van der Waals surface area contributed by atoms with Crippen LogP contribution in [0, 0.1) is 11.8 Å². The van der Waals surface area contributed by atoms with Gasteiger partial charge in [-0.3, -0.25) is 0 Å². The third-order valence-corrected chi connectivity index (χ3v) is 1.93. The van der Waals surface area contributed by atoms with Crippen molar-refractivity contribution in [1.29, 1.82) is 0 Å². The number of aliphatic hydroxyl groups is 1. The second-order valence-corrected chi connectivity index (χ2v) is 3.39. The van der Waals surface area contributed by atoms with Gasteiger partial charge in [0.1, 0.15) is 0 Å². The first kappa shape index (κ1) is 12.4. The van der Waals surface area contributed by atoms with Crippen LogP contribution < -0.4 is 11.1 Å². The number of rotatable bonds is 2. The maximum atomic E-state index is 10.7. The fourth-order valence-corrected chi connectivity index (χ4v) is 1.25. The Morgan fingerprint density at radius 2 is 2.31 bits per heavy atom. The van der Waals surface area contributed by atoms with Gasteiger partial charge in [-0.1, -0.05) is 23.4 Å². The summed E-state index contributed by atoms with van der Waals surface area (Å²) in [6, 6.07) is 4.23. The summed E-state index contributed by atoms with van der Waals surface area (Å²) in [5.41, 5.74) is 6.09. The van der Waals surface area contributed by atoms with E-state index in [4.69, 9.17) is 22.4 Å². The third-order valence-electron chi connectivity index (χ3n) is 1.70. The highest BCUT2D eigenvalue weighted by Gasteiger charge is 2.02. The van der Waals surface area contributed by atoms with Crippen LogP contribution in [-0.4, -0.2) is 17.7 Å². The van der Waals surface area contributed by atoms with Crippen LogP contribution in [0.25, 0.3) is 0 Å². The number of nitrogens with two attached hydrogens (primary N) is 1. The number of amides is 2. The minimum atomic E-state index is -0.674. The van der Waals surface area contributed by atoms with Crippen molar-refractivity contribution in [3.8, 4) is 11.8 Å². The molecule has 4 nitrogen and oxygen atoms in total. The van der Waals surface area contributed by atoms with Gasteiger partial charge in [-0.25, -0.2) is 4.79 Å². The highest BCUT2D eigenvalue weighted by molar-refractivity contribution is 6.31. The van der Waals surface area contributed by atoms with E-state index in [0.29, 0.717) is 22.7 Å². The number of halogens is 1. The fraction of sp³-hybridized carbons (Fsp3) is 0.182. The molecule has 0 spiro atoms. The maximum absolute atomic E-state index is 10.7. The molecule has 0 bridgehead atoms. The molecule has 0 aliphatic carbocycles. The van der Waals surface area contributed by atoms with Gasteiger partial charge >= 0.3 is 6.03 Å². The van der Waals surface area contributed by atoms with Crippen LogP contribution in [0.5, 0.6) is 0 Å². The molecule has 0 fully saturated rings. The molecule has 1 rings (SSSR count). The van der Waals surface area contributed by atoms with Crippen molar-refractivity contribution >= 4 is 23.3 Å². The van der Waals surface area contributed by atoms with E-state index in [1.54, 1.807) is 18.2 Å². The molecular weight excluding hydrogens is 228 g/mol. The van der Waals surface area contributed by atoms with E-state index in [1.807, 2.05) is 0 Å². The van der Waals surface area contributed by atoms with Crippen molar-refractivity contribution in [2.45, 2.75) is 6.42 Å². The second kappa shape index (κ2) is 6.01. The molecule has 1 aromatic rings. The second-order valence-electron chi connectivity index (χ2n) is 2.95. The number of urea groups is 1. The number of nitrogens with one attached hydrogen (secondary N) is 1. The zero-order valence-corrected chi connectivity index (χ0v) is 9.21. The van der Waals surface area contributed by atoms with Crippen molar-refractivity contribution in [2.75, 3.05) is 11.9 Å². The number of hydrogen-bond acceptors (Lipinski definition) is 2. The summed E-state index contributed by atoms with van der Waals surface area (Å²) in [6.45, 7) is -0.000822. The van der Waals surface area contributed by atoms with E-state index in [2.05, 4.69) is 17.2 Å². The number of primary amides is 1. The van der Waals surface area contributed by atoms with E-state index >= 15 is 0 Å². The average Bonchev–Trinajstić information content (AvgIpc) is 2.20.